The third kappa shape index (κ3) is 7.26. The first-order chi connectivity index (χ1) is 14.9. The van der Waals surface area contributed by atoms with E-state index in [9.17, 15) is 9.59 Å². The number of nitrogens with zero attached hydrogens (tertiary/aromatic N) is 1. The number of benzene rings is 2. The van der Waals surface area contributed by atoms with E-state index in [-0.39, 0.29) is 30.3 Å². The molecular formula is C24H30ClN3O3. The van der Waals surface area contributed by atoms with E-state index in [1.807, 2.05) is 24.3 Å². The number of halogens is 1. The summed E-state index contributed by atoms with van der Waals surface area (Å²) < 4.78 is 5.30. The van der Waals surface area contributed by atoms with Crippen molar-refractivity contribution in [2.75, 3.05) is 20.2 Å². The zero-order valence-corrected chi connectivity index (χ0v) is 18.8. The standard InChI is InChI=1S/C24H30ClN3O3/c1-17(29)26-23(19-6-8-20(25)9-7-19)15-24(30)27-21-10-12-28(13-11-21)16-18-4-3-5-22(14-18)31-2/h3-9,14,21,23H,10-13,15-16H2,1-2H3,(H,26,29)(H,27,30). The number of methoxy groups -OCH3 is 1. The number of carbonyl (C=O) groups is 2. The number of nitrogens with one attached hydrogen (secondary N) is 2. The summed E-state index contributed by atoms with van der Waals surface area (Å²) in [6, 6.07) is 15.1. The number of likely N-dealkylation sites (tertiary alicyclic amines) is 1. The van der Waals surface area contributed by atoms with Gasteiger partial charge in [0.15, 0.2) is 0 Å². The fraction of sp³-hybridized carbons (Fsp3) is 0.417. The predicted octanol–water partition coefficient (Wildman–Crippen LogP) is 3.70. The number of rotatable bonds is 8. The fourth-order valence-electron chi connectivity index (χ4n) is 3.93. The van der Waals surface area contributed by atoms with Crippen LogP contribution in [0.5, 0.6) is 5.75 Å². The predicted molar refractivity (Wildman–Crippen MR) is 122 cm³/mol. The summed E-state index contributed by atoms with van der Waals surface area (Å²) in [5.41, 5.74) is 2.09. The Bertz CT molecular complexity index is 880. The molecular weight excluding hydrogens is 414 g/mol. The number of amides is 2. The second-order valence-electron chi connectivity index (χ2n) is 7.98. The smallest absolute Gasteiger partial charge is 0.222 e. The molecule has 7 heteroatoms. The van der Waals surface area contributed by atoms with Gasteiger partial charge in [0.2, 0.25) is 11.8 Å². The first-order valence-corrected chi connectivity index (χ1v) is 11.0. The molecule has 2 aromatic rings. The molecule has 1 fully saturated rings. The minimum absolute atomic E-state index is 0.0556. The minimum Gasteiger partial charge on any atom is -0.497 e. The van der Waals surface area contributed by atoms with Gasteiger partial charge in [0.05, 0.1) is 19.6 Å². The van der Waals surface area contributed by atoms with Gasteiger partial charge >= 0.3 is 0 Å². The third-order valence-electron chi connectivity index (χ3n) is 5.53. The van der Waals surface area contributed by atoms with E-state index in [0.717, 1.165) is 43.8 Å². The van der Waals surface area contributed by atoms with Crippen LogP contribution in [0.4, 0.5) is 0 Å². The average molecular weight is 444 g/mol. The number of piperidine rings is 1. The summed E-state index contributed by atoms with van der Waals surface area (Å²) >= 11 is 5.96. The van der Waals surface area contributed by atoms with Crippen molar-refractivity contribution >= 4 is 23.4 Å². The van der Waals surface area contributed by atoms with Crippen molar-refractivity contribution in [1.82, 2.24) is 15.5 Å². The van der Waals surface area contributed by atoms with Gasteiger partial charge in [0.1, 0.15) is 5.75 Å². The van der Waals surface area contributed by atoms with Gasteiger partial charge in [-0.2, -0.15) is 0 Å². The van der Waals surface area contributed by atoms with Crippen LogP contribution in [-0.4, -0.2) is 43.0 Å². The molecule has 0 spiro atoms. The largest absolute Gasteiger partial charge is 0.497 e. The SMILES string of the molecule is COc1cccc(CN2CCC(NC(=O)CC(NC(C)=O)c3ccc(Cl)cc3)CC2)c1. The Balaban J connectivity index is 1.49. The minimum atomic E-state index is -0.372. The van der Waals surface area contributed by atoms with Crippen LogP contribution in [0.1, 0.15) is 43.4 Å². The lowest BCUT2D eigenvalue weighted by Crippen LogP contribution is -2.45. The van der Waals surface area contributed by atoms with Crippen LogP contribution < -0.4 is 15.4 Å². The van der Waals surface area contributed by atoms with Gasteiger partial charge < -0.3 is 15.4 Å². The Hall–Kier alpha value is -2.57. The van der Waals surface area contributed by atoms with Crippen LogP contribution in [0, 0.1) is 0 Å². The van der Waals surface area contributed by atoms with Crippen LogP contribution in [0.2, 0.25) is 5.02 Å². The van der Waals surface area contributed by atoms with Crippen LogP contribution in [0.15, 0.2) is 48.5 Å². The van der Waals surface area contributed by atoms with E-state index < -0.39 is 0 Å². The van der Waals surface area contributed by atoms with Gasteiger partial charge in [-0.25, -0.2) is 0 Å². The van der Waals surface area contributed by atoms with Crippen LogP contribution >= 0.6 is 11.6 Å². The molecule has 3 rings (SSSR count). The summed E-state index contributed by atoms with van der Waals surface area (Å²) in [6.45, 7) is 4.18. The van der Waals surface area contributed by atoms with Crippen molar-refractivity contribution in [3.63, 3.8) is 0 Å². The van der Waals surface area contributed by atoms with Gasteiger partial charge in [-0.05, 0) is 48.2 Å². The molecule has 2 amide bonds. The summed E-state index contributed by atoms with van der Waals surface area (Å²) in [7, 11) is 1.68. The molecule has 166 valence electrons. The highest BCUT2D eigenvalue weighted by atomic mass is 35.5. The first-order valence-electron chi connectivity index (χ1n) is 10.6. The highest BCUT2D eigenvalue weighted by Gasteiger charge is 2.23. The van der Waals surface area contributed by atoms with E-state index in [0.29, 0.717) is 5.02 Å². The highest BCUT2D eigenvalue weighted by Crippen LogP contribution is 2.21. The molecule has 2 N–H and O–H groups in total. The van der Waals surface area contributed by atoms with Gasteiger partial charge in [0.25, 0.3) is 0 Å². The van der Waals surface area contributed by atoms with Crippen LogP contribution in [0.25, 0.3) is 0 Å². The Labute approximate surface area is 188 Å². The maximum Gasteiger partial charge on any atom is 0.222 e. The van der Waals surface area contributed by atoms with E-state index in [1.54, 1.807) is 19.2 Å². The molecule has 1 aliphatic rings. The lowest BCUT2D eigenvalue weighted by molar-refractivity contribution is -0.123. The molecule has 0 aliphatic carbocycles. The number of hydrogen-bond donors (Lipinski definition) is 2. The van der Waals surface area contributed by atoms with Gasteiger partial charge in [-0.3, -0.25) is 14.5 Å². The fourth-order valence-corrected chi connectivity index (χ4v) is 4.06. The molecule has 1 unspecified atom stereocenters. The zero-order chi connectivity index (χ0) is 22.2. The first kappa shape index (κ1) is 23.1. The summed E-state index contributed by atoms with van der Waals surface area (Å²) in [5.74, 6) is 0.646. The van der Waals surface area contributed by atoms with Gasteiger partial charge in [-0.1, -0.05) is 35.9 Å². The monoisotopic (exact) mass is 443 g/mol. The summed E-state index contributed by atoms with van der Waals surface area (Å²) in [5, 5.41) is 6.63. The molecule has 1 aliphatic heterocycles. The average Bonchev–Trinajstić information content (AvgIpc) is 2.75. The van der Waals surface area contributed by atoms with Crippen molar-refractivity contribution in [1.29, 1.82) is 0 Å². The van der Waals surface area contributed by atoms with Crippen molar-refractivity contribution in [3.05, 3.63) is 64.7 Å². The lowest BCUT2D eigenvalue weighted by atomic mass is 10.0. The lowest BCUT2D eigenvalue weighted by Gasteiger charge is -2.32. The second kappa shape index (κ2) is 11.2. The maximum atomic E-state index is 12.7. The summed E-state index contributed by atoms with van der Waals surface area (Å²) in [6.07, 6.45) is 2.01. The van der Waals surface area contributed by atoms with Gasteiger partial charge in [-0.15, -0.1) is 0 Å². The Morgan fingerprint density at radius 2 is 1.87 bits per heavy atom. The van der Waals surface area contributed by atoms with Crippen LogP contribution in [0.3, 0.4) is 0 Å². The molecule has 2 aromatic carbocycles. The normalized spacial score (nSPS) is 15.8. The van der Waals surface area contributed by atoms with Crippen molar-refractivity contribution in [2.24, 2.45) is 0 Å². The Kier molecular flexibility index (Phi) is 8.32. The molecule has 0 aromatic heterocycles. The van der Waals surface area contributed by atoms with Crippen molar-refractivity contribution in [3.8, 4) is 5.75 Å². The number of hydrogen-bond acceptors (Lipinski definition) is 4. The van der Waals surface area contributed by atoms with Crippen molar-refractivity contribution < 1.29 is 14.3 Å². The molecule has 0 saturated carbocycles. The van der Waals surface area contributed by atoms with Crippen LogP contribution in [-0.2, 0) is 16.1 Å². The van der Waals surface area contributed by atoms with E-state index in [1.165, 1.54) is 12.5 Å². The number of carbonyl (C=O) groups excluding carboxylic acids is 2. The second-order valence-corrected chi connectivity index (χ2v) is 8.41. The molecule has 1 saturated heterocycles. The topological polar surface area (TPSA) is 70.7 Å². The van der Waals surface area contributed by atoms with E-state index >= 15 is 0 Å². The van der Waals surface area contributed by atoms with E-state index in [2.05, 4.69) is 27.7 Å². The van der Waals surface area contributed by atoms with Gasteiger partial charge in [0, 0.05) is 37.6 Å². The Morgan fingerprint density at radius 1 is 1.16 bits per heavy atom. The summed E-state index contributed by atoms with van der Waals surface area (Å²) in [4.78, 5) is 26.7. The maximum absolute atomic E-state index is 12.7. The quantitative estimate of drug-likeness (QED) is 0.652. The molecule has 31 heavy (non-hydrogen) atoms. The van der Waals surface area contributed by atoms with E-state index in [4.69, 9.17) is 16.3 Å². The van der Waals surface area contributed by atoms with Crippen molar-refractivity contribution in [2.45, 2.75) is 44.8 Å². The molecule has 1 atom stereocenters. The molecule has 0 radical (unpaired) electrons. The molecule has 6 nitrogen and oxygen atoms in total. The highest BCUT2D eigenvalue weighted by molar-refractivity contribution is 6.30. The molecule has 0 bridgehead atoms. The zero-order valence-electron chi connectivity index (χ0n) is 18.1. The third-order valence-corrected chi connectivity index (χ3v) is 5.78. The Morgan fingerprint density at radius 3 is 2.52 bits per heavy atom. The molecule has 1 heterocycles. The number of ether oxygens (including phenoxy) is 1.